The van der Waals surface area contributed by atoms with Crippen molar-refractivity contribution < 1.29 is 5.11 Å². The summed E-state index contributed by atoms with van der Waals surface area (Å²) in [6.45, 7) is 6.98. The molecule has 0 aliphatic heterocycles. The standard InChI is InChI=1S/C15H22N2O/c1-4-14(5-2)17(8-9-18)15-10-12(3)6-7-13(15)11-16/h6-7,10,14,18H,4-5,8-9H2,1-3H3. The first-order chi connectivity index (χ1) is 8.67. The van der Waals surface area contributed by atoms with Crippen LogP contribution in [0.5, 0.6) is 0 Å². The Morgan fingerprint density at radius 1 is 1.33 bits per heavy atom. The van der Waals surface area contributed by atoms with Crippen molar-refractivity contribution in [2.45, 2.75) is 39.7 Å². The van der Waals surface area contributed by atoms with Crippen LogP contribution in [0.15, 0.2) is 18.2 Å². The van der Waals surface area contributed by atoms with Gasteiger partial charge in [0.15, 0.2) is 0 Å². The molecule has 3 heteroatoms. The predicted molar refractivity (Wildman–Crippen MR) is 74.7 cm³/mol. The van der Waals surface area contributed by atoms with E-state index in [9.17, 15) is 10.4 Å². The van der Waals surface area contributed by atoms with Gasteiger partial charge in [-0.15, -0.1) is 0 Å². The topological polar surface area (TPSA) is 47.3 Å². The number of hydrogen-bond donors (Lipinski definition) is 1. The second kappa shape index (κ2) is 7.03. The Balaban J connectivity index is 3.19. The van der Waals surface area contributed by atoms with Crippen LogP contribution < -0.4 is 4.90 Å². The van der Waals surface area contributed by atoms with Crippen LogP contribution in [0, 0.1) is 18.3 Å². The molecule has 0 atom stereocenters. The maximum Gasteiger partial charge on any atom is 0.101 e. The van der Waals surface area contributed by atoms with E-state index in [2.05, 4.69) is 24.8 Å². The minimum atomic E-state index is 0.106. The molecular formula is C15H22N2O. The third-order valence-electron chi connectivity index (χ3n) is 3.31. The van der Waals surface area contributed by atoms with Crippen LogP contribution in [0.1, 0.15) is 37.8 Å². The highest BCUT2D eigenvalue weighted by molar-refractivity contribution is 5.61. The van der Waals surface area contributed by atoms with Crippen molar-refractivity contribution in [2.75, 3.05) is 18.1 Å². The van der Waals surface area contributed by atoms with Gasteiger partial charge in [0.2, 0.25) is 0 Å². The molecule has 0 bridgehead atoms. The first kappa shape index (κ1) is 14.5. The number of rotatable bonds is 6. The lowest BCUT2D eigenvalue weighted by Crippen LogP contribution is -2.37. The number of benzene rings is 1. The molecule has 98 valence electrons. The molecule has 18 heavy (non-hydrogen) atoms. The summed E-state index contributed by atoms with van der Waals surface area (Å²) in [5.74, 6) is 0. The highest BCUT2D eigenvalue weighted by Crippen LogP contribution is 2.25. The van der Waals surface area contributed by atoms with Crippen molar-refractivity contribution in [3.8, 4) is 6.07 Å². The van der Waals surface area contributed by atoms with E-state index >= 15 is 0 Å². The predicted octanol–water partition coefficient (Wildman–Crippen LogP) is 2.85. The molecular weight excluding hydrogens is 224 g/mol. The van der Waals surface area contributed by atoms with E-state index in [0.29, 0.717) is 18.2 Å². The van der Waals surface area contributed by atoms with E-state index in [1.165, 1.54) is 0 Å². The summed E-state index contributed by atoms with van der Waals surface area (Å²) in [6.07, 6.45) is 2.02. The van der Waals surface area contributed by atoms with Crippen LogP contribution in [-0.2, 0) is 0 Å². The number of anilines is 1. The van der Waals surface area contributed by atoms with Crippen molar-refractivity contribution in [2.24, 2.45) is 0 Å². The Kier molecular flexibility index (Phi) is 5.67. The molecule has 0 spiro atoms. The Morgan fingerprint density at radius 3 is 2.50 bits per heavy atom. The molecule has 0 heterocycles. The molecule has 0 unspecified atom stereocenters. The highest BCUT2D eigenvalue weighted by Gasteiger charge is 2.18. The monoisotopic (exact) mass is 246 g/mol. The van der Waals surface area contributed by atoms with Crippen LogP contribution in [0.4, 0.5) is 5.69 Å². The second-order valence-electron chi connectivity index (χ2n) is 4.52. The lowest BCUT2D eigenvalue weighted by molar-refractivity contribution is 0.296. The Hall–Kier alpha value is -1.53. The van der Waals surface area contributed by atoms with Crippen LogP contribution in [-0.4, -0.2) is 24.3 Å². The Morgan fingerprint density at radius 2 is 2.00 bits per heavy atom. The van der Waals surface area contributed by atoms with Gasteiger partial charge in [0.25, 0.3) is 0 Å². The van der Waals surface area contributed by atoms with E-state index in [0.717, 1.165) is 24.1 Å². The van der Waals surface area contributed by atoms with E-state index in [-0.39, 0.29) is 6.61 Å². The quantitative estimate of drug-likeness (QED) is 0.839. The number of hydrogen-bond acceptors (Lipinski definition) is 3. The summed E-state index contributed by atoms with van der Waals surface area (Å²) >= 11 is 0. The molecule has 0 fully saturated rings. The average molecular weight is 246 g/mol. The van der Waals surface area contributed by atoms with Gasteiger partial charge in [-0.25, -0.2) is 0 Å². The van der Waals surface area contributed by atoms with Gasteiger partial charge in [-0.2, -0.15) is 5.26 Å². The summed E-state index contributed by atoms with van der Waals surface area (Å²) in [4.78, 5) is 2.16. The zero-order valence-corrected chi connectivity index (χ0v) is 11.5. The van der Waals surface area contributed by atoms with Crippen LogP contribution >= 0.6 is 0 Å². The molecule has 1 rings (SSSR count). The zero-order chi connectivity index (χ0) is 13.5. The first-order valence-electron chi connectivity index (χ1n) is 6.56. The van der Waals surface area contributed by atoms with Crippen molar-refractivity contribution in [1.82, 2.24) is 0 Å². The summed E-state index contributed by atoms with van der Waals surface area (Å²) in [6, 6.07) is 8.45. The number of aryl methyl sites for hydroxylation is 1. The molecule has 1 aromatic carbocycles. The largest absolute Gasteiger partial charge is 0.395 e. The summed E-state index contributed by atoms with van der Waals surface area (Å²) in [5.41, 5.74) is 2.76. The maximum absolute atomic E-state index is 9.25. The van der Waals surface area contributed by atoms with Gasteiger partial charge in [0.1, 0.15) is 6.07 Å². The van der Waals surface area contributed by atoms with E-state index in [4.69, 9.17) is 0 Å². The van der Waals surface area contributed by atoms with Crippen LogP contribution in [0.25, 0.3) is 0 Å². The van der Waals surface area contributed by atoms with Crippen molar-refractivity contribution in [1.29, 1.82) is 5.26 Å². The fourth-order valence-corrected chi connectivity index (χ4v) is 2.31. The molecule has 0 aliphatic rings. The smallest absolute Gasteiger partial charge is 0.101 e. The second-order valence-corrected chi connectivity index (χ2v) is 4.52. The number of aliphatic hydroxyl groups excluding tert-OH is 1. The molecule has 0 saturated heterocycles. The summed E-state index contributed by atoms with van der Waals surface area (Å²) < 4.78 is 0. The third kappa shape index (κ3) is 3.24. The zero-order valence-electron chi connectivity index (χ0n) is 11.5. The van der Waals surface area contributed by atoms with E-state index < -0.39 is 0 Å². The molecule has 0 amide bonds. The highest BCUT2D eigenvalue weighted by atomic mass is 16.3. The van der Waals surface area contributed by atoms with Crippen LogP contribution in [0.2, 0.25) is 0 Å². The molecule has 0 aromatic heterocycles. The van der Waals surface area contributed by atoms with Crippen molar-refractivity contribution in [3.63, 3.8) is 0 Å². The molecule has 0 saturated carbocycles. The normalized spacial score (nSPS) is 10.4. The lowest BCUT2D eigenvalue weighted by atomic mass is 10.0. The van der Waals surface area contributed by atoms with Crippen molar-refractivity contribution in [3.05, 3.63) is 29.3 Å². The lowest BCUT2D eigenvalue weighted by Gasteiger charge is -2.33. The molecule has 0 radical (unpaired) electrons. The van der Waals surface area contributed by atoms with Gasteiger partial charge in [-0.3, -0.25) is 0 Å². The van der Waals surface area contributed by atoms with Gasteiger partial charge in [0.05, 0.1) is 17.9 Å². The SMILES string of the molecule is CCC(CC)N(CCO)c1cc(C)ccc1C#N. The summed E-state index contributed by atoms with van der Waals surface area (Å²) in [5, 5.41) is 18.5. The van der Waals surface area contributed by atoms with Gasteiger partial charge >= 0.3 is 0 Å². The number of aliphatic hydroxyl groups is 1. The van der Waals surface area contributed by atoms with Crippen LogP contribution in [0.3, 0.4) is 0 Å². The average Bonchev–Trinajstić information content (AvgIpc) is 2.39. The van der Waals surface area contributed by atoms with Gasteiger partial charge in [-0.1, -0.05) is 19.9 Å². The van der Waals surface area contributed by atoms with E-state index in [1.807, 2.05) is 25.1 Å². The minimum Gasteiger partial charge on any atom is -0.395 e. The van der Waals surface area contributed by atoms with Gasteiger partial charge in [-0.05, 0) is 37.5 Å². The molecule has 0 aliphatic carbocycles. The molecule has 1 N–H and O–H groups in total. The van der Waals surface area contributed by atoms with E-state index in [1.54, 1.807) is 0 Å². The number of nitriles is 1. The molecule has 1 aromatic rings. The summed E-state index contributed by atoms with van der Waals surface area (Å²) in [7, 11) is 0. The first-order valence-corrected chi connectivity index (χ1v) is 6.56. The number of nitrogens with zero attached hydrogens (tertiary/aromatic N) is 2. The molecule has 3 nitrogen and oxygen atoms in total. The van der Waals surface area contributed by atoms with Gasteiger partial charge < -0.3 is 10.0 Å². The Labute approximate surface area is 110 Å². The maximum atomic E-state index is 9.25. The van der Waals surface area contributed by atoms with Gasteiger partial charge in [0, 0.05) is 12.6 Å². The van der Waals surface area contributed by atoms with Crippen molar-refractivity contribution >= 4 is 5.69 Å². The fraction of sp³-hybridized carbons (Fsp3) is 0.533. The third-order valence-corrected chi connectivity index (χ3v) is 3.31. The minimum absolute atomic E-state index is 0.106. The fourth-order valence-electron chi connectivity index (χ4n) is 2.31. The Bertz CT molecular complexity index is 419.